The van der Waals surface area contributed by atoms with Crippen LogP contribution in [0.15, 0.2) is 41.0 Å². The Bertz CT molecular complexity index is 522. The quantitative estimate of drug-likeness (QED) is 0.866. The number of furan rings is 1. The Labute approximate surface area is 114 Å². The van der Waals surface area contributed by atoms with E-state index < -0.39 is 0 Å². The van der Waals surface area contributed by atoms with Crippen LogP contribution in [0.3, 0.4) is 0 Å². The Morgan fingerprint density at radius 3 is 2.79 bits per heavy atom. The molecule has 4 nitrogen and oxygen atoms in total. The van der Waals surface area contributed by atoms with Crippen LogP contribution in [-0.4, -0.2) is 21.2 Å². The summed E-state index contributed by atoms with van der Waals surface area (Å²) in [6, 6.07) is 10.0. The van der Waals surface area contributed by atoms with Crippen LogP contribution in [0.1, 0.15) is 11.3 Å². The topological polar surface area (TPSA) is 37.6 Å². The van der Waals surface area contributed by atoms with E-state index in [0.717, 1.165) is 30.3 Å². The van der Waals surface area contributed by atoms with Crippen molar-refractivity contribution in [3.8, 4) is 5.75 Å². The number of benzene rings is 1. The van der Waals surface area contributed by atoms with E-state index in [1.54, 1.807) is 13.4 Å². The molecule has 0 saturated carbocycles. The number of ether oxygens (including phenoxy) is 1. The molecule has 1 aromatic carbocycles. The van der Waals surface area contributed by atoms with Crippen molar-refractivity contribution in [3.05, 3.63) is 47.9 Å². The summed E-state index contributed by atoms with van der Waals surface area (Å²) in [5.74, 6) is 1.85. The number of anilines is 1. The molecule has 1 heterocycles. The first-order valence-electron chi connectivity index (χ1n) is 6.30. The lowest BCUT2D eigenvalue weighted by Gasteiger charge is -2.21. The highest BCUT2D eigenvalue weighted by molar-refractivity contribution is 5.58. The predicted molar refractivity (Wildman–Crippen MR) is 76.6 cm³/mol. The number of hydrogen-bond donors (Lipinski definition) is 1. The van der Waals surface area contributed by atoms with E-state index in [4.69, 9.17) is 9.15 Å². The number of hydrogen-bond acceptors (Lipinski definition) is 4. The standard InChI is InChI=1S/C15H20N2O2/c1-16-10-15-12(8-9-19-15)11-17(2)13-6-4-5-7-14(13)18-3/h4-9,16H,10-11H2,1-3H3. The fraction of sp³-hybridized carbons (Fsp3) is 0.333. The average Bonchev–Trinajstić information content (AvgIpc) is 2.86. The molecule has 1 N–H and O–H groups in total. The van der Waals surface area contributed by atoms with Gasteiger partial charge >= 0.3 is 0 Å². The van der Waals surface area contributed by atoms with Crippen LogP contribution in [0, 0.1) is 0 Å². The van der Waals surface area contributed by atoms with Crippen LogP contribution in [-0.2, 0) is 13.1 Å². The van der Waals surface area contributed by atoms with E-state index >= 15 is 0 Å². The maximum absolute atomic E-state index is 5.48. The second kappa shape index (κ2) is 6.29. The van der Waals surface area contributed by atoms with Gasteiger partial charge in [0.2, 0.25) is 0 Å². The first kappa shape index (κ1) is 13.5. The van der Waals surface area contributed by atoms with Gasteiger partial charge in [-0.15, -0.1) is 0 Å². The molecule has 0 amide bonds. The Morgan fingerprint density at radius 1 is 1.26 bits per heavy atom. The van der Waals surface area contributed by atoms with Gasteiger partial charge in [0.15, 0.2) is 0 Å². The van der Waals surface area contributed by atoms with Gasteiger partial charge in [0, 0.05) is 19.2 Å². The molecule has 0 saturated heterocycles. The third kappa shape index (κ3) is 3.09. The minimum Gasteiger partial charge on any atom is -0.495 e. The van der Waals surface area contributed by atoms with Gasteiger partial charge in [0.05, 0.1) is 25.6 Å². The second-order valence-electron chi connectivity index (χ2n) is 4.43. The van der Waals surface area contributed by atoms with Crippen LogP contribution >= 0.6 is 0 Å². The molecule has 4 heteroatoms. The smallest absolute Gasteiger partial charge is 0.142 e. The van der Waals surface area contributed by atoms with Crippen LogP contribution in [0.2, 0.25) is 0 Å². The summed E-state index contributed by atoms with van der Waals surface area (Å²) in [5, 5.41) is 3.11. The van der Waals surface area contributed by atoms with Crippen LogP contribution < -0.4 is 15.0 Å². The third-order valence-corrected chi connectivity index (χ3v) is 3.08. The highest BCUT2D eigenvalue weighted by Gasteiger charge is 2.11. The van der Waals surface area contributed by atoms with E-state index in [0.29, 0.717) is 0 Å². The molecule has 0 aliphatic rings. The van der Waals surface area contributed by atoms with Crippen molar-refractivity contribution in [2.45, 2.75) is 13.1 Å². The van der Waals surface area contributed by atoms with Crippen LogP contribution in [0.25, 0.3) is 0 Å². The van der Waals surface area contributed by atoms with E-state index in [2.05, 4.69) is 16.3 Å². The van der Waals surface area contributed by atoms with Crippen molar-refractivity contribution < 1.29 is 9.15 Å². The fourth-order valence-electron chi connectivity index (χ4n) is 2.11. The first-order chi connectivity index (χ1) is 9.26. The largest absolute Gasteiger partial charge is 0.495 e. The molecule has 0 spiro atoms. The van der Waals surface area contributed by atoms with Gasteiger partial charge < -0.3 is 19.4 Å². The van der Waals surface area contributed by atoms with Crippen molar-refractivity contribution in [1.82, 2.24) is 5.32 Å². The molecule has 0 atom stereocenters. The summed E-state index contributed by atoms with van der Waals surface area (Å²) in [7, 11) is 5.65. The molecule has 0 radical (unpaired) electrons. The third-order valence-electron chi connectivity index (χ3n) is 3.08. The summed E-state index contributed by atoms with van der Waals surface area (Å²) < 4.78 is 10.9. The van der Waals surface area contributed by atoms with Crippen molar-refractivity contribution in [3.63, 3.8) is 0 Å². The Balaban J connectivity index is 2.16. The Morgan fingerprint density at radius 2 is 2.05 bits per heavy atom. The lowest BCUT2D eigenvalue weighted by Crippen LogP contribution is -2.18. The van der Waals surface area contributed by atoms with Gasteiger partial charge in [-0.05, 0) is 25.2 Å². The van der Waals surface area contributed by atoms with Crippen LogP contribution in [0.5, 0.6) is 5.75 Å². The van der Waals surface area contributed by atoms with Crippen molar-refractivity contribution in [1.29, 1.82) is 0 Å². The minimum absolute atomic E-state index is 0.738. The molecule has 0 fully saturated rings. The average molecular weight is 260 g/mol. The van der Waals surface area contributed by atoms with Gasteiger partial charge in [-0.1, -0.05) is 12.1 Å². The van der Waals surface area contributed by atoms with Gasteiger partial charge in [-0.2, -0.15) is 0 Å². The number of para-hydroxylation sites is 2. The molecule has 2 aromatic rings. The Kier molecular flexibility index (Phi) is 4.47. The molecule has 0 aliphatic heterocycles. The Hall–Kier alpha value is -1.94. The molecule has 2 rings (SSSR count). The summed E-state index contributed by atoms with van der Waals surface area (Å²) in [5.41, 5.74) is 2.25. The van der Waals surface area contributed by atoms with Gasteiger partial charge in [0.1, 0.15) is 11.5 Å². The maximum Gasteiger partial charge on any atom is 0.142 e. The van der Waals surface area contributed by atoms with Gasteiger partial charge in [0.25, 0.3) is 0 Å². The van der Waals surface area contributed by atoms with Crippen molar-refractivity contribution in [2.75, 3.05) is 26.1 Å². The molecular formula is C15H20N2O2. The molecule has 1 aromatic heterocycles. The number of nitrogens with zero attached hydrogens (tertiary/aromatic N) is 1. The molecular weight excluding hydrogens is 240 g/mol. The zero-order chi connectivity index (χ0) is 13.7. The van der Waals surface area contributed by atoms with Gasteiger partial charge in [-0.3, -0.25) is 0 Å². The van der Waals surface area contributed by atoms with E-state index in [-0.39, 0.29) is 0 Å². The highest BCUT2D eigenvalue weighted by atomic mass is 16.5. The fourth-order valence-corrected chi connectivity index (χ4v) is 2.11. The summed E-state index contributed by atoms with van der Waals surface area (Å²) in [6.07, 6.45) is 1.73. The van der Waals surface area contributed by atoms with E-state index in [1.807, 2.05) is 38.4 Å². The monoisotopic (exact) mass is 260 g/mol. The molecule has 102 valence electrons. The van der Waals surface area contributed by atoms with E-state index in [1.165, 1.54) is 5.56 Å². The SMILES string of the molecule is CNCc1occc1CN(C)c1ccccc1OC. The first-order valence-corrected chi connectivity index (χ1v) is 6.30. The zero-order valence-corrected chi connectivity index (χ0v) is 11.6. The molecule has 0 bridgehead atoms. The molecule has 0 aliphatic carbocycles. The van der Waals surface area contributed by atoms with Gasteiger partial charge in [-0.25, -0.2) is 0 Å². The summed E-state index contributed by atoms with van der Waals surface area (Å²) in [6.45, 7) is 1.52. The zero-order valence-electron chi connectivity index (χ0n) is 11.6. The minimum atomic E-state index is 0.738. The highest BCUT2D eigenvalue weighted by Crippen LogP contribution is 2.28. The molecule has 0 unspecified atom stereocenters. The maximum atomic E-state index is 5.48. The number of rotatable bonds is 6. The van der Waals surface area contributed by atoms with E-state index in [9.17, 15) is 0 Å². The van der Waals surface area contributed by atoms with Crippen molar-refractivity contribution in [2.24, 2.45) is 0 Å². The predicted octanol–water partition coefficient (Wildman–Crippen LogP) is 2.64. The normalized spacial score (nSPS) is 10.5. The van der Waals surface area contributed by atoms with Crippen molar-refractivity contribution >= 4 is 5.69 Å². The summed E-state index contributed by atoms with van der Waals surface area (Å²) >= 11 is 0. The summed E-state index contributed by atoms with van der Waals surface area (Å²) in [4.78, 5) is 2.16. The molecule has 19 heavy (non-hydrogen) atoms. The second-order valence-corrected chi connectivity index (χ2v) is 4.43. The van der Waals surface area contributed by atoms with Crippen LogP contribution in [0.4, 0.5) is 5.69 Å². The number of methoxy groups -OCH3 is 1. The lowest BCUT2D eigenvalue weighted by molar-refractivity contribution is 0.414. The number of nitrogens with one attached hydrogen (secondary N) is 1. The lowest BCUT2D eigenvalue weighted by atomic mass is 10.2.